The monoisotopic (exact) mass is 293 g/mol. The number of nitrogens with one attached hydrogen (secondary N) is 2. The Bertz CT molecular complexity index is 533. The lowest BCUT2D eigenvalue weighted by molar-refractivity contribution is -0.122. The highest BCUT2D eigenvalue weighted by Gasteiger charge is 2.31. The topological polar surface area (TPSA) is 104 Å². The molecule has 1 aliphatic carbocycles. The van der Waals surface area contributed by atoms with Crippen LogP contribution in [0.2, 0.25) is 0 Å². The highest BCUT2D eigenvalue weighted by molar-refractivity contribution is 5.99. The van der Waals surface area contributed by atoms with Gasteiger partial charge in [-0.05, 0) is 33.6 Å². The zero-order valence-corrected chi connectivity index (χ0v) is 12.8. The SMILES string of the molecule is CCN(CC(=O)NC(C)C)C(=O)c1n[nH]c(C2CC2)c1N. The molecule has 1 saturated carbocycles. The second-order valence-corrected chi connectivity index (χ2v) is 5.72. The summed E-state index contributed by atoms with van der Waals surface area (Å²) in [5.74, 6) is -0.0906. The summed E-state index contributed by atoms with van der Waals surface area (Å²) in [7, 11) is 0. The molecule has 1 aromatic rings. The van der Waals surface area contributed by atoms with Gasteiger partial charge in [-0.1, -0.05) is 0 Å². The second kappa shape index (κ2) is 6.15. The van der Waals surface area contributed by atoms with Gasteiger partial charge in [-0.2, -0.15) is 5.10 Å². The molecule has 0 spiro atoms. The van der Waals surface area contributed by atoms with Crippen molar-refractivity contribution in [2.75, 3.05) is 18.8 Å². The van der Waals surface area contributed by atoms with E-state index < -0.39 is 0 Å². The summed E-state index contributed by atoms with van der Waals surface area (Å²) in [5, 5.41) is 9.67. The average Bonchev–Trinajstić information content (AvgIpc) is 3.18. The van der Waals surface area contributed by atoms with E-state index in [2.05, 4.69) is 15.5 Å². The molecular weight excluding hydrogens is 270 g/mol. The highest BCUT2D eigenvalue weighted by Crippen LogP contribution is 2.42. The van der Waals surface area contributed by atoms with E-state index in [1.165, 1.54) is 4.90 Å². The Morgan fingerprint density at radius 2 is 2.14 bits per heavy atom. The first-order valence-corrected chi connectivity index (χ1v) is 7.36. The third-order valence-electron chi connectivity index (χ3n) is 3.47. The molecule has 0 aromatic carbocycles. The van der Waals surface area contributed by atoms with Gasteiger partial charge in [-0.15, -0.1) is 0 Å². The number of aromatic amines is 1. The predicted molar refractivity (Wildman–Crippen MR) is 79.8 cm³/mol. The molecule has 4 N–H and O–H groups in total. The fourth-order valence-corrected chi connectivity index (χ4v) is 2.23. The van der Waals surface area contributed by atoms with Gasteiger partial charge in [-0.25, -0.2) is 0 Å². The van der Waals surface area contributed by atoms with Crippen molar-refractivity contribution in [1.82, 2.24) is 20.4 Å². The van der Waals surface area contributed by atoms with Gasteiger partial charge in [0.1, 0.15) is 0 Å². The third-order valence-corrected chi connectivity index (χ3v) is 3.47. The molecule has 1 aromatic heterocycles. The molecule has 116 valence electrons. The number of nitrogens with two attached hydrogens (primary N) is 1. The number of nitrogens with zero attached hydrogens (tertiary/aromatic N) is 2. The minimum Gasteiger partial charge on any atom is -0.395 e. The fourth-order valence-electron chi connectivity index (χ4n) is 2.23. The van der Waals surface area contributed by atoms with Crippen molar-refractivity contribution >= 4 is 17.5 Å². The highest BCUT2D eigenvalue weighted by atomic mass is 16.2. The van der Waals surface area contributed by atoms with E-state index in [0.29, 0.717) is 18.2 Å². The zero-order chi connectivity index (χ0) is 15.6. The molecule has 0 aliphatic heterocycles. The normalized spacial score (nSPS) is 14.3. The number of nitrogen functional groups attached to an aromatic ring is 1. The summed E-state index contributed by atoms with van der Waals surface area (Å²) in [5.41, 5.74) is 7.50. The van der Waals surface area contributed by atoms with Crippen molar-refractivity contribution in [3.05, 3.63) is 11.4 Å². The van der Waals surface area contributed by atoms with Crippen LogP contribution in [-0.4, -0.2) is 46.0 Å². The number of hydrogen-bond acceptors (Lipinski definition) is 4. The molecule has 0 bridgehead atoms. The molecule has 1 aliphatic rings. The lowest BCUT2D eigenvalue weighted by Gasteiger charge is -2.20. The first-order chi connectivity index (χ1) is 9.93. The van der Waals surface area contributed by atoms with Gasteiger partial charge < -0.3 is 16.0 Å². The maximum absolute atomic E-state index is 12.5. The lowest BCUT2D eigenvalue weighted by atomic mass is 10.2. The Balaban J connectivity index is 2.07. The molecule has 1 heterocycles. The van der Waals surface area contributed by atoms with Gasteiger partial charge >= 0.3 is 0 Å². The van der Waals surface area contributed by atoms with Crippen LogP contribution in [0.25, 0.3) is 0 Å². The standard InChI is InChI=1S/C14H23N5O2/c1-4-19(7-10(20)16-8(2)3)14(21)13-11(15)12(17-18-13)9-5-6-9/h8-9H,4-7,15H2,1-3H3,(H,16,20)(H,17,18). The van der Waals surface area contributed by atoms with Crippen LogP contribution in [0.15, 0.2) is 0 Å². The van der Waals surface area contributed by atoms with Crippen LogP contribution in [0.5, 0.6) is 0 Å². The fraction of sp³-hybridized carbons (Fsp3) is 0.643. The number of likely N-dealkylation sites (N-methyl/N-ethyl adjacent to an activating group) is 1. The first kappa shape index (κ1) is 15.3. The molecule has 1 fully saturated rings. The van der Waals surface area contributed by atoms with Crippen LogP contribution in [0, 0.1) is 0 Å². The summed E-state index contributed by atoms with van der Waals surface area (Å²) < 4.78 is 0. The Morgan fingerprint density at radius 3 is 2.67 bits per heavy atom. The van der Waals surface area contributed by atoms with Gasteiger partial charge in [0.25, 0.3) is 5.91 Å². The summed E-state index contributed by atoms with van der Waals surface area (Å²) in [4.78, 5) is 25.7. The molecule has 2 amide bonds. The van der Waals surface area contributed by atoms with Gasteiger partial charge in [0.05, 0.1) is 17.9 Å². The molecule has 0 radical (unpaired) electrons. The first-order valence-electron chi connectivity index (χ1n) is 7.36. The molecule has 21 heavy (non-hydrogen) atoms. The molecule has 2 rings (SSSR count). The van der Waals surface area contributed by atoms with Crippen LogP contribution in [-0.2, 0) is 4.79 Å². The van der Waals surface area contributed by atoms with Gasteiger partial charge in [0.2, 0.25) is 5.91 Å². The summed E-state index contributed by atoms with van der Waals surface area (Å²) in [6.07, 6.45) is 2.16. The van der Waals surface area contributed by atoms with Crippen LogP contribution >= 0.6 is 0 Å². The number of aromatic nitrogens is 2. The molecule has 7 heteroatoms. The Hall–Kier alpha value is -2.05. The van der Waals surface area contributed by atoms with Crippen LogP contribution in [0.4, 0.5) is 5.69 Å². The minimum absolute atomic E-state index is 0.0125. The van der Waals surface area contributed by atoms with Crippen LogP contribution in [0.3, 0.4) is 0 Å². The Labute approximate surface area is 124 Å². The van der Waals surface area contributed by atoms with Crippen molar-refractivity contribution in [1.29, 1.82) is 0 Å². The summed E-state index contributed by atoms with van der Waals surface area (Å²) in [6, 6.07) is 0.0447. The average molecular weight is 293 g/mol. The zero-order valence-electron chi connectivity index (χ0n) is 12.8. The second-order valence-electron chi connectivity index (χ2n) is 5.72. The van der Waals surface area contributed by atoms with Gasteiger partial charge in [-0.3, -0.25) is 14.7 Å². The largest absolute Gasteiger partial charge is 0.395 e. The molecular formula is C14H23N5O2. The Kier molecular flexibility index (Phi) is 4.50. The van der Waals surface area contributed by atoms with Gasteiger partial charge in [0, 0.05) is 18.5 Å². The quantitative estimate of drug-likeness (QED) is 0.723. The maximum Gasteiger partial charge on any atom is 0.276 e. The summed E-state index contributed by atoms with van der Waals surface area (Å²) >= 11 is 0. The molecule has 0 atom stereocenters. The number of rotatable bonds is 6. The third kappa shape index (κ3) is 3.53. The van der Waals surface area contributed by atoms with E-state index in [9.17, 15) is 9.59 Å². The van der Waals surface area contributed by atoms with Crippen molar-refractivity contribution in [2.24, 2.45) is 0 Å². The number of hydrogen-bond donors (Lipinski definition) is 3. The van der Waals surface area contributed by atoms with E-state index >= 15 is 0 Å². The number of H-pyrrole nitrogens is 1. The van der Waals surface area contributed by atoms with E-state index in [-0.39, 0.29) is 30.1 Å². The van der Waals surface area contributed by atoms with E-state index in [0.717, 1.165) is 18.5 Å². The molecule has 7 nitrogen and oxygen atoms in total. The molecule has 0 saturated heterocycles. The Morgan fingerprint density at radius 1 is 1.48 bits per heavy atom. The number of anilines is 1. The molecule has 0 unspecified atom stereocenters. The smallest absolute Gasteiger partial charge is 0.276 e. The lowest BCUT2D eigenvalue weighted by Crippen LogP contribution is -2.42. The number of carbonyl (C=O) groups excluding carboxylic acids is 2. The predicted octanol–water partition coefficient (Wildman–Crippen LogP) is 0.856. The minimum atomic E-state index is -0.308. The van der Waals surface area contributed by atoms with E-state index in [4.69, 9.17) is 5.73 Å². The van der Waals surface area contributed by atoms with E-state index in [1.54, 1.807) is 0 Å². The summed E-state index contributed by atoms with van der Waals surface area (Å²) in [6.45, 7) is 6.02. The van der Waals surface area contributed by atoms with E-state index in [1.807, 2.05) is 20.8 Å². The van der Waals surface area contributed by atoms with Crippen LogP contribution in [0.1, 0.15) is 55.7 Å². The number of carbonyl (C=O) groups is 2. The van der Waals surface area contributed by atoms with Crippen molar-refractivity contribution in [3.8, 4) is 0 Å². The van der Waals surface area contributed by atoms with Gasteiger partial charge in [0.15, 0.2) is 5.69 Å². The van der Waals surface area contributed by atoms with Crippen molar-refractivity contribution < 1.29 is 9.59 Å². The van der Waals surface area contributed by atoms with Crippen molar-refractivity contribution in [2.45, 2.75) is 45.6 Å². The maximum atomic E-state index is 12.5. The van der Waals surface area contributed by atoms with Crippen LogP contribution < -0.4 is 11.1 Å². The van der Waals surface area contributed by atoms with Crippen molar-refractivity contribution in [3.63, 3.8) is 0 Å². The number of amides is 2.